The van der Waals surface area contributed by atoms with E-state index in [1.165, 1.54) is 23.5 Å². The maximum absolute atomic E-state index is 12.6. The predicted octanol–water partition coefficient (Wildman–Crippen LogP) is 2.71. The van der Waals surface area contributed by atoms with Crippen molar-refractivity contribution in [2.75, 3.05) is 0 Å². The van der Waals surface area contributed by atoms with E-state index in [1.807, 2.05) is 17.5 Å². The molecule has 6 heteroatoms. The minimum absolute atomic E-state index is 0.306. The Kier molecular flexibility index (Phi) is 3.43. The highest BCUT2D eigenvalue weighted by Gasteiger charge is 2.07. The van der Waals surface area contributed by atoms with Gasteiger partial charge in [-0.2, -0.15) is 9.49 Å². The first-order valence-corrected chi connectivity index (χ1v) is 6.07. The first-order valence-electron chi connectivity index (χ1n) is 4.38. The van der Waals surface area contributed by atoms with Crippen molar-refractivity contribution >= 4 is 34.8 Å². The zero-order valence-electron chi connectivity index (χ0n) is 8.01. The van der Waals surface area contributed by atoms with Crippen LogP contribution in [0.3, 0.4) is 0 Å². The number of rotatable bonds is 3. The van der Waals surface area contributed by atoms with Gasteiger partial charge >= 0.3 is 0 Å². The fourth-order valence-corrected chi connectivity index (χ4v) is 2.22. The molecule has 2 heterocycles. The molecule has 0 unspecified atom stereocenters. The van der Waals surface area contributed by atoms with E-state index >= 15 is 0 Å². The number of hydrogen-bond acceptors (Lipinski definition) is 4. The van der Waals surface area contributed by atoms with Gasteiger partial charge in [0.2, 0.25) is 0 Å². The third kappa shape index (κ3) is 2.74. The van der Waals surface area contributed by atoms with Crippen molar-refractivity contribution in [3.63, 3.8) is 0 Å². The van der Waals surface area contributed by atoms with Gasteiger partial charge < -0.3 is 0 Å². The lowest BCUT2D eigenvalue weighted by Gasteiger charge is -1.93. The van der Waals surface area contributed by atoms with Gasteiger partial charge in [0, 0.05) is 4.88 Å². The highest BCUT2D eigenvalue weighted by Crippen LogP contribution is 2.13. The van der Waals surface area contributed by atoms with Crippen LogP contribution in [0.25, 0.3) is 0 Å². The molecule has 2 rings (SSSR count). The number of amides is 1. The summed E-state index contributed by atoms with van der Waals surface area (Å²) in [5, 5.41) is 5.30. The largest absolute Gasteiger partial charge is 0.281 e. The molecule has 0 aliphatic heterocycles. The molecular weight excluding hydrogens is 247 g/mol. The fourth-order valence-electron chi connectivity index (χ4n) is 1.01. The van der Waals surface area contributed by atoms with Crippen molar-refractivity contribution in [3.8, 4) is 0 Å². The van der Waals surface area contributed by atoms with Crippen molar-refractivity contribution in [3.05, 3.63) is 44.5 Å². The zero-order chi connectivity index (χ0) is 11.4. The van der Waals surface area contributed by atoms with Crippen molar-refractivity contribution < 1.29 is 9.18 Å². The lowest BCUT2D eigenvalue weighted by molar-refractivity contribution is 0.0959. The second-order valence-corrected chi connectivity index (χ2v) is 4.83. The van der Waals surface area contributed by atoms with E-state index in [1.54, 1.807) is 6.21 Å². The summed E-state index contributed by atoms with van der Waals surface area (Å²) >= 11 is 2.31. The molecule has 0 aromatic carbocycles. The molecular formula is C10H7FN2OS2. The highest BCUT2D eigenvalue weighted by molar-refractivity contribution is 7.12. The average molecular weight is 254 g/mol. The van der Waals surface area contributed by atoms with E-state index in [2.05, 4.69) is 10.5 Å². The van der Waals surface area contributed by atoms with Gasteiger partial charge in [0.15, 0.2) is 5.13 Å². The monoisotopic (exact) mass is 254 g/mol. The summed E-state index contributed by atoms with van der Waals surface area (Å²) in [7, 11) is 0. The highest BCUT2D eigenvalue weighted by atomic mass is 32.1. The quantitative estimate of drug-likeness (QED) is 0.664. The number of carbonyl (C=O) groups excluding carboxylic acids is 1. The molecule has 0 aliphatic rings. The van der Waals surface area contributed by atoms with Crippen LogP contribution in [0, 0.1) is 5.13 Å². The molecule has 0 bridgehead atoms. The number of thiophene rings is 2. The second kappa shape index (κ2) is 5.00. The third-order valence-corrected chi connectivity index (χ3v) is 3.38. The molecule has 82 valence electrons. The summed E-state index contributed by atoms with van der Waals surface area (Å²) in [6, 6.07) is 6.45. The Morgan fingerprint density at radius 2 is 2.31 bits per heavy atom. The molecule has 3 nitrogen and oxygen atoms in total. The lowest BCUT2D eigenvalue weighted by atomic mass is 10.4. The summed E-state index contributed by atoms with van der Waals surface area (Å²) in [6.45, 7) is 0. The topological polar surface area (TPSA) is 41.5 Å². The third-order valence-electron chi connectivity index (χ3n) is 1.70. The normalized spacial score (nSPS) is 10.8. The van der Waals surface area contributed by atoms with Gasteiger partial charge in [-0.3, -0.25) is 4.79 Å². The molecule has 0 radical (unpaired) electrons. The van der Waals surface area contributed by atoms with Gasteiger partial charge in [-0.05, 0) is 23.6 Å². The second-order valence-electron chi connectivity index (χ2n) is 2.82. The Hall–Kier alpha value is -1.53. The van der Waals surface area contributed by atoms with Crippen LogP contribution in [0.15, 0.2) is 34.7 Å². The SMILES string of the molecule is O=C(NN=Cc1cccs1)c1ccc(F)s1. The zero-order valence-corrected chi connectivity index (χ0v) is 9.65. The van der Waals surface area contributed by atoms with Gasteiger partial charge in [-0.25, -0.2) is 5.43 Å². The fraction of sp³-hybridized carbons (Fsp3) is 0. The summed E-state index contributed by atoms with van der Waals surface area (Å²) in [5.41, 5.74) is 2.33. The van der Waals surface area contributed by atoms with Crippen molar-refractivity contribution in [1.29, 1.82) is 0 Å². The van der Waals surface area contributed by atoms with Crippen LogP contribution in [0.5, 0.6) is 0 Å². The first-order chi connectivity index (χ1) is 7.75. The van der Waals surface area contributed by atoms with Crippen molar-refractivity contribution in [2.45, 2.75) is 0 Å². The van der Waals surface area contributed by atoms with Crippen LogP contribution >= 0.6 is 22.7 Å². The van der Waals surface area contributed by atoms with Crippen LogP contribution in [-0.2, 0) is 0 Å². The maximum atomic E-state index is 12.6. The standard InChI is InChI=1S/C10H7FN2OS2/c11-9-4-3-8(16-9)10(14)13-12-6-7-2-1-5-15-7/h1-6H,(H,13,14). The van der Waals surface area contributed by atoms with Crippen LogP contribution in [0.1, 0.15) is 14.5 Å². The van der Waals surface area contributed by atoms with E-state index in [0.717, 1.165) is 16.2 Å². The molecule has 2 aromatic heterocycles. The average Bonchev–Trinajstić information content (AvgIpc) is 2.89. The van der Waals surface area contributed by atoms with E-state index in [-0.39, 0.29) is 5.13 Å². The van der Waals surface area contributed by atoms with Gasteiger partial charge in [0.25, 0.3) is 5.91 Å². The van der Waals surface area contributed by atoms with E-state index < -0.39 is 5.91 Å². The smallest absolute Gasteiger partial charge is 0.266 e. The van der Waals surface area contributed by atoms with Crippen LogP contribution in [-0.4, -0.2) is 12.1 Å². The number of hydrazone groups is 1. The molecule has 0 atom stereocenters. The number of nitrogens with zero attached hydrogens (tertiary/aromatic N) is 1. The Morgan fingerprint density at radius 1 is 1.44 bits per heavy atom. The minimum Gasteiger partial charge on any atom is -0.266 e. The molecule has 0 saturated heterocycles. The van der Waals surface area contributed by atoms with Crippen LogP contribution in [0.2, 0.25) is 0 Å². The van der Waals surface area contributed by atoms with Gasteiger partial charge in [-0.15, -0.1) is 22.7 Å². The van der Waals surface area contributed by atoms with E-state index in [0.29, 0.717) is 4.88 Å². The number of halogens is 1. The number of carbonyl (C=O) groups is 1. The van der Waals surface area contributed by atoms with Gasteiger partial charge in [0.05, 0.1) is 11.1 Å². The molecule has 1 amide bonds. The summed E-state index contributed by atoms with van der Waals surface area (Å²) in [5.74, 6) is -0.401. The minimum atomic E-state index is -0.401. The number of hydrogen-bond donors (Lipinski definition) is 1. The van der Waals surface area contributed by atoms with E-state index in [9.17, 15) is 9.18 Å². The number of nitrogens with one attached hydrogen (secondary N) is 1. The molecule has 1 N–H and O–H groups in total. The van der Waals surface area contributed by atoms with Crippen molar-refractivity contribution in [2.24, 2.45) is 5.10 Å². The Bertz CT molecular complexity index is 505. The lowest BCUT2D eigenvalue weighted by Crippen LogP contribution is -2.15. The molecule has 0 saturated carbocycles. The molecule has 16 heavy (non-hydrogen) atoms. The van der Waals surface area contributed by atoms with E-state index in [4.69, 9.17) is 0 Å². The van der Waals surface area contributed by atoms with Gasteiger partial charge in [-0.1, -0.05) is 6.07 Å². The Labute approximate surface area is 99.2 Å². The molecule has 0 fully saturated rings. The summed E-state index contributed by atoms with van der Waals surface area (Å²) in [4.78, 5) is 12.7. The van der Waals surface area contributed by atoms with Crippen LogP contribution in [0.4, 0.5) is 4.39 Å². The van der Waals surface area contributed by atoms with Gasteiger partial charge in [0.1, 0.15) is 0 Å². The Morgan fingerprint density at radius 3 is 2.94 bits per heavy atom. The van der Waals surface area contributed by atoms with Crippen LogP contribution < -0.4 is 5.43 Å². The molecule has 2 aromatic rings. The summed E-state index contributed by atoms with van der Waals surface area (Å²) < 4.78 is 12.6. The summed E-state index contributed by atoms with van der Waals surface area (Å²) in [6.07, 6.45) is 1.55. The molecule has 0 spiro atoms. The maximum Gasteiger partial charge on any atom is 0.281 e. The predicted molar refractivity (Wildman–Crippen MR) is 63.7 cm³/mol. The van der Waals surface area contributed by atoms with Crippen molar-refractivity contribution in [1.82, 2.24) is 5.43 Å². The Balaban J connectivity index is 1.94. The first kappa shape index (κ1) is 11.0. The molecule has 0 aliphatic carbocycles.